The molecule has 4 heteroatoms. The van der Waals surface area contributed by atoms with Gasteiger partial charge < -0.3 is 4.57 Å². The molecule has 2 rings (SSSR count). The Morgan fingerprint density at radius 2 is 2.00 bits per heavy atom. The third-order valence-electron chi connectivity index (χ3n) is 2.38. The van der Waals surface area contributed by atoms with E-state index < -0.39 is 0 Å². The van der Waals surface area contributed by atoms with Crippen molar-refractivity contribution in [2.75, 3.05) is 0 Å². The van der Waals surface area contributed by atoms with E-state index in [1.165, 1.54) is 0 Å². The Morgan fingerprint density at radius 1 is 1.27 bits per heavy atom. The molecule has 0 saturated heterocycles. The quantitative estimate of drug-likeness (QED) is 0.711. The van der Waals surface area contributed by atoms with E-state index in [0.717, 1.165) is 11.6 Å². The molecular formula is C11H16N4. The lowest BCUT2D eigenvalue weighted by Crippen LogP contribution is -2.19. The summed E-state index contributed by atoms with van der Waals surface area (Å²) >= 11 is 0. The minimum Gasteiger partial charge on any atom is -0.337 e. The van der Waals surface area contributed by atoms with Gasteiger partial charge >= 0.3 is 0 Å². The van der Waals surface area contributed by atoms with Crippen molar-refractivity contribution in [3.63, 3.8) is 0 Å². The largest absolute Gasteiger partial charge is 0.337 e. The van der Waals surface area contributed by atoms with Crippen LogP contribution in [-0.4, -0.2) is 19.3 Å². The standard InChI is InChI=1S/C11H16N4/c1-11(2,3)10-13-12-8-15(10)9-6-5-7-14(9)4/h5-8H,1-4H3. The van der Waals surface area contributed by atoms with Crippen molar-refractivity contribution in [2.45, 2.75) is 26.2 Å². The molecule has 0 aliphatic rings. The first kappa shape index (κ1) is 9.96. The minimum absolute atomic E-state index is 0.000764. The Bertz CT molecular complexity index is 459. The van der Waals surface area contributed by atoms with E-state index in [2.05, 4.69) is 41.6 Å². The summed E-state index contributed by atoms with van der Waals surface area (Å²) in [6.07, 6.45) is 3.78. The van der Waals surface area contributed by atoms with Crippen LogP contribution in [0.5, 0.6) is 0 Å². The predicted octanol–water partition coefficient (Wildman–Crippen LogP) is 1.90. The predicted molar refractivity (Wildman–Crippen MR) is 59.0 cm³/mol. The van der Waals surface area contributed by atoms with Gasteiger partial charge in [-0.2, -0.15) is 0 Å². The van der Waals surface area contributed by atoms with E-state index in [-0.39, 0.29) is 5.41 Å². The molecule has 0 fully saturated rings. The van der Waals surface area contributed by atoms with Gasteiger partial charge in [-0.3, -0.25) is 4.57 Å². The van der Waals surface area contributed by atoms with Gasteiger partial charge in [-0.15, -0.1) is 10.2 Å². The summed E-state index contributed by atoms with van der Waals surface area (Å²) in [5, 5.41) is 8.17. The molecule has 0 aliphatic heterocycles. The van der Waals surface area contributed by atoms with E-state index in [1.807, 2.05) is 23.9 Å². The zero-order valence-electron chi connectivity index (χ0n) is 9.60. The molecular weight excluding hydrogens is 188 g/mol. The zero-order valence-corrected chi connectivity index (χ0v) is 9.60. The summed E-state index contributed by atoms with van der Waals surface area (Å²) in [5.41, 5.74) is 0.000764. The van der Waals surface area contributed by atoms with Gasteiger partial charge in [0.25, 0.3) is 0 Å². The van der Waals surface area contributed by atoms with Crippen LogP contribution in [0, 0.1) is 0 Å². The molecule has 0 amide bonds. The molecule has 2 aromatic heterocycles. The van der Waals surface area contributed by atoms with Gasteiger partial charge in [0.2, 0.25) is 0 Å². The zero-order chi connectivity index (χ0) is 11.1. The van der Waals surface area contributed by atoms with Crippen LogP contribution >= 0.6 is 0 Å². The van der Waals surface area contributed by atoms with Crippen LogP contribution in [0.25, 0.3) is 5.82 Å². The normalized spacial score (nSPS) is 12.0. The average molecular weight is 204 g/mol. The Labute approximate surface area is 89.6 Å². The average Bonchev–Trinajstić information content (AvgIpc) is 2.69. The lowest BCUT2D eigenvalue weighted by Gasteiger charge is -2.18. The fourth-order valence-corrected chi connectivity index (χ4v) is 1.62. The van der Waals surface area contributed by atoms with Crippen LogP contribution < -0.4 is 0 Å². The highest BCUT2D eigenvalue weighted by Crippen LogP contribution is 2.22. The molecule has 0 unspecified atom stereocenters. The summed E-state index contributed by atoms with van der Waals surface area (Å²) in [4.78, 5) is 0. The van der Waals surface area contributed by atoms with Crippen LogP contribution in [0.15, 0.2) is 24.7 Å². The topological polar surface area (TPSA) is 35.6 Å². The molecule has 0 N–H and O–H groups in total. The first-order valence-electron chi connectivity index (χ1n) is 5.02. The molecule has 0 aromatic carbocycles. The Balaban J connectivity index is 2.56. The summed E-state index contributed by atoms with van der Waals surface area (Å²) in [6, 6.07) is 4.07. The SMILES string of the molecule is Cn1cccc1-n1cnnc1C(C)(C)C. The van der Waals surface area contributed by atoms with Gasteiger partial charge in [-0.05, 0) is 12.1 Å². The Kier molecular flexibility index (Phi) is 2.14. The number of aryl methyl sites for hydroxylation is 1. The summed E-state index contributed by atoms with van der Waals surface area (Å²) in [5.74, 6) is 2.06. The highest BCUT2D eigenvalue weighted by atomic mass is 15.3. The molecule has 0 bridgehead atoms. The molecule has 4 nitrogen and oxygen atoms in total. The van der Waals surface area contributed by atoms with Crippen LogP contribution in [0.1, 0.15) is 26.6 Å². The van der Waals surface area contributed by atoms with Gasteiger partial charge in [-0.1, -0.05) is 20.8 Å². The number of nitrogens with zero attached hydrogens (tertiary/aromatic N) is 4. The first-order chi connectivity index (χ1) is 7.00. The van der Waals surface area contributed by atoms with E-state index in [0.29, 0.717) is 0 Å². The Hall–Kier alpha value is -1.58. The maximum Gasteiger partial charge on any atom is 0.143 e. The molecule has 0 aliphatic carbocycles. The molecule has 2 heterocycles. The van der Waals surface area contributed by atoms with Crippen LogP contribution in [-0.2, 0) is 12.5 Å². The summed E-state index contributed by atoms with van der Waals surface area (Å²) in [7, 11) is 2.02. The lowest BCUT2D eigenvalue weighted by atomic mass is 9.96. The molecule has 0 atom stereocenters. The maximum absolute atomic E-state index is 4.18. The third kappa shape index (κ3) is 1.67. The molecule has 2 aromatic rings. The number of hydrogen-bond acceptors (Lipinski definition) is 2. The van der Waals surface area contributed by atoms with E-state index >= 15 is 0 Å². The number of rotatable bonds is 1. The second kappa shape index (κ2) is 3.22. The highest BCUT2D eigenvalue weighted by Gasteiger charge is 2.22. The monoisotopic (exact) mass is 204 g/mol. The fraction of sp³-hybridized carbons (Fsp3) is 0.455. The van der Waals surface area contributed by atoms with Gasteiger partial charge in [0.05, 0.1) is 0 Å². The molecule has 80 valence electrons. The third-order valence-corrected chi connectivity index (χ3v) is 2.38. The van der Waals surface area contributed by atoms with Gasteiger partial charge in [-0.25, -0.2) is 0 Å². The van der Waals surface area contributed by atoms with Gasteiger partial charge in [0, 0.05) is 18.7 Å². The smallest absolute Gasteiger partial charge is 0.143 e. The second-order valence-electron chi connectivity index (χ2n) is 4.75. The van der Waals surface area contributed by atoms with Crippen LogP contribution in [0.2, 0.25) is 0 Å². The number of hydrogen-bond donors (Lipinski definition) is 0. The molecule has 15 heavy (non-hydrogen) atoms. The van der Waals surface area contributed by atoms with Crippen LogP contribution in [0.3, 0.4) is 0 Å². The molecule has 0 spiro atoms. The Morgan fingerprint density at radius 3 is 2.53 bits per heavy atom. The van der Waals surface area contributed by atoms with Gasteiger partial charge in [0.15, 0.2) is 0 Å². The van der Waals surface area contributed by atoms with Crippen molar-refractivity contribution < 1.29 is 0 Å². The van der Waals surface area contributed by atoms with Crippen LogP contribution in [0.4, 0.5) is 0 Å². The second-order valence-corrected chi connectivity index (χ2v) is 4.75. The van der Waals surface area contributed by atoms with Crippen molar-refractivity contribution >= 4 is 0 Å². The summed E-state index contributed by atoms with van der Waals surface area (Å²) in [6.45, 7) is 6.41. The first-order valence-corrected chi connectivity index (χ1v) is 5.02. The molecule has 0 radical (unpaired) electrons. The maximum atomic E-state index is 4.18. The summed E-state index contributed by atoms with van der Waals surface area (Å²) < 4.78 is 4.08. The molecule has 0 saturated carbocycles. The highest BCUT2D eigenvalue weighted by molar-refractivity contribution is 5.27. The van der Waals surface area contributed by atoms with Gasteiger partial charge in [0.1, 0.15) is 18.0 Å². The van der Waals surface area contributed by atoms with Crippen molar-refractivity contribution in [1.82, 2.24) is 19.3 Å². The van der Waals surface area contributed by atoms with E-state index in [1.54, 1.807) is 6.33 Å². The van der Waals surface area contributed by atoms with Crippen molar-refractivity contribution in [3.8, 4) is 5.82 Å². The number of aromatic nitrogens is 4. The van der Waals surface area contributed by atoms with Crippen molar-refractivity contribution in [3.05, 3.63) is 30.5 Å². The van der Waals surface area contributed by atoms with Crippen molar-refractivity contribution in [2.24, 2.45) is 7.05 Å². The van der Waals surface area contributed by atoms with Crippen molar-refractivity contribution in [1.29, 1.82) is 0 Å². The minimum atomic E-state index is 0.000764. The fourth-order valence-electron chi connectivity index (χ4n) is 1.62. The van der Waals surface area contributed by atoms with E-state index in [9.17, 15) is 0 Å². The van der Waals surface area contributed by atoms with E-state index in [4.69, 9.17) is 0 Å². The lowest BCUT2D eigenvalue weighted by molar-refractivity contribution is 0.529.